The maximum Gasteiger partial charge on any atom is 0.190 e. The van der Waals surface area contributed by atoms with Gasteiger partial charge in [0.1, 0.15) is 0 Å². The zero-order valence-corrected chi connectivity index (χ0v) is 14.4. The van der Waals surface area contributed by atoms with E-state index >= 15 is 0 Å². The molecule has 18 heavy (non-hydrogen) atoms. The lowest BCUT2D eigenvalue weighted by Crippen LogP contribution is -2.39. The normalized spacial score (nSPS) is 18.3. The zero-order chi connectivity index (χ0) is 12.5. The zero-order valence-electron chi connectivity index (χ0n) is 12.0. The summed E-state index contributed by atoms with van der Waals surface area (Å²) in [4.78, 5) is 6.63. The monoisotopic (exact) mass is 368 g/mol. The number of nitrogens with one attached hydrogen (secondary N) is 2. The lowest BCUT2D eigenvalue weighted by atomic mass is 9.94. The molecule has 0 spiro atoms. The lowest BCUT2D eigenvalue weighted by Gasteiger charge is -2.29. The Morgan fingerprint density at radius 3 is 2.39 bits per heavy atom. The summed E-state index contributed by atoms with van der Waals surface area (Å²) < 4.78 is 0. The van der Waals surface area contributed by atoms with Gasteiger partial charge >= 0.3 is 0 Å². The Balaban J connectivity index is 0.00000289. The van der Waals surface area contributed by atoms with Gasteiger partial charge in [-0.3, -0.25) is 4.99 Å². The molecule has 1 heterocycles. The van der Waals surface area contributed by atoms with Gasteiger partial charge in [-0.2, -0.15) is 0 Å². The summed E-state index contributed by atoms with van der Waals surface area (Å²) in [7, 11) is 4.05. The minimum Gasteiger partial charge on any atom is -0.356 e. The Labute approximate surface area is 129 Å². The van der Waals surface area contributed by atoms with Crippen LogP contribution in [0.1, 0.15) is 32.6 Å². The van der Waals surface area contributed by atoms with Crippen LogP contribution in [0.25, 0.3) is 0 Å². The van der Waals surface area contributed by atoms with Crippen LogP contribution in [0.5, 0.6) is 0 Å². The Hall–Kier alpha value is -0.0400. The number of likely N-dealkylation sites (tertiary alicyclic amines) is 1. The quantitative estimate of drug-likeness (QED) is 0.443. The summed E-state index contributed by atoms with van der Waals surface area (Å²) in [6.45, 7) is 6.71. The highest BCUT2D eigenvalue weighted by Gasteiger charge is 2.15. The van der Waals surface area contributed by atoms with Gasteiger partial charge < -0.3 is 15.5 Å². The molecule has 0 saturated carbocycles. The molecule has 1 fully saturated rings. The van der Waals surface area contributed by atoms with Crippen LogP contribution in [0.3, 0.4) is 0 Å². The molecule has 0 bridgehead atoms. The fraction of sp³-hybridized carbons (Fsp3) is 0.923. The third-order valence-electron chi connectivity index (χ3n) is 3.45. The van der Waals surface area contributed by atoms with Gasteiger partial charge in [-0.1, -0.05) is 6.92 Å². The van der Waals surface area contributed by atoms with Crippen molar-refractivity contribution in [3.8, 4) is 0 Å². The van der Waals surface area contributed by atoms with Crippen molar-refractivity contribution in [1.29, 1.82) is 0 Å². The van der Waals surface area contributed by atoms with E-state index in [0.717, 1.165) is 31.4 Å². The van der Waals surface area contributed by atoms with Crippen molar-refractivity contribution in [3.05, 3.63) is 0 Å². The molecule has 0 aromatic rings. The summed E-state index contributed by atoms with van der Waals surface area (Å²) in [5.41, 5.74) is 0. The van der Waals surface area contributed by atoms with Crippen molar-refractivity contribution in [2.45, 2.75) is 32.6 Å². The number of guanidine groups is 1. The first kappa shape index (κ1) is 18.0. The average molecular weight is 368 g/mol. The Kier molecular flexibility index (Phi) is 10.8. The second-order valence-electron chi connectivity index (χ2n) is 4.96. The fourth-order valence-electron chi connectivity index (χ4n) is 2.21. The van der Waals surface area contributed by atoms with Gasteiger partial charge in [-0.15, -0.1) is 24.0 Å². The molecule has 1 aliphatic rings. The van der Waals surface area contributed by atoms with Crippen molar-refractivity contribution >= 4 is 29.9 Å². The standard InChI is InChI=1S/C13H28N4.HI/c1-4-8-15-13(14-2)16-9-5-12-6-10-17(3)11-7-12;/h12H,4-11H2,1-3H3,(H2,14,15,16);1H. The number of piperidine rings is 1. The predicted molar refractivity (Wildman–Crippen MR) is 89.9 cm³/mol. The van der Waals surface area contributed by atoms with Crippen LogP contribution in [0, 0.1) is 5.92 Å². The van der Waals surface area contributed by atoms with Crippen LogP contribution in [-0.4, -0.2) is 51.1 Å². The van der Waals surface area contributed by atoms with Crippen LogP contribution in [0.2, 0.25) is 0 Å². The van der Waals surface area contributed by atoms with E-state index in [1.54, 1.807) is 0 Å². The molecule has 0 unspecified atom stereocenters. The van der Waals surface area contributed by atoms with E-state index in [-0.39, 0.29) is 24.0 Å². The number of hydrogen-bond donors (Lipinski definition) is 2. The van der Waals surface area contributed by atoms with E-state index in [1.807, 2.05) is 7.05 Å². The Morgan fingerprint density at radius 2 is 1.83 bits per heavy atom. The molecule has 0 radical (unpaired) electrons. The SMILES string of the molecule is CCCNC(=NC)NCCC1CCN(C)CC1.I. The summed E-state index contributed by atoms with van der Waals surface area (Å²) in [6, 6.07) is 0. The van der Waals surface area contributed by atoms with Crippen LogP contribution in [0.15, 0.2) is 4.99 Å². The van der Waals surface area contributed by atoms with Crippen LogP contribution < -0.4 is 10.6 Å². The van der Waals surface area contributed by atoms with Crippen molar-refractivity contribution in [2.24, 2.45) is 10.9 Å². The minimum absolute atomic E-state index is 0. The summed E-state index contributed by atoms with van der Waals surface area (Å²) >= 11 is 0. The average Bonchev–Trinajstić information content (AvgIpc) is 2.36. The van der Waals surface area contributed by atoms with E-state index < -0.39 is 0 Å². The highest BCUT2D eigenvalue weighted by molar-refractivity contribution is 14.0. The smallest absolute Gasteiger partial charge is 0.190 e. The molecule has 1 saturated heterocycles. The van der Waals surface area contributed by atoms with Crippen molar-refractivity contribution in [3.63, 3.8) is 0 Å². The van der Waals surface area contributed by atoms with Gasteiger partial charge in [0.15, 0.2) is 5.96 Å². The lowest BCUT2D eigenvalue weighted by molar-refractivity contribution is 0.213. The first-order chi connectivity index (χ1) is 8.26. The molecule has 1 rings (SSSR count). The second-order valence-corrected chi connectivity index (χ2v) is 4.96. The molecule has 5 heteroatoms. The van der Waals surface area contributed by atoms with Gasteiger partial charge in [0.2, 0.25) is 0 Å². The third kappa shape index (κ3) is 7.41. The first-order valence-electron chi connectivity index (χ1n) is 6.89. The molecule has 4 nitrogen and oxygen atoms in total. The molecule has 0 aliphatic carbocycles. The largest absolute Gasteiger partial charge is 0.356 e. The maximum absolute atomic E-state index is 4.21. The second kappa shape index (κ2) is 10.8. The number of nitrogens with zero attached hydrogens (tertiary/aromatic N) is 2. The minimum atomic E-state index is 0. The third-order valence-corrected chi connectivity index (χ3v) is 3.45. The number of halogens is 1. The van der Waals surface area contributed by atoms with Crippen molar-refractivity contribution < 1.29 is 0 Å². The molecule has 1 aliphatic heterocycles. The van der Waals surface area contributed by atoms with Crippen molar-refractivity contribution in [2.75, 3.05) is 40.3 Å². The van der Waals surface area contributed by atoms with Crippen LogP contribution in [-0.2, 0) is 0 Å². The van der Waals surface area contributed by atoms with Gasteiger partial charge in [-0.05, 0) is 51.7 Å². The van der Waals surface area contributed by atoms with E-state index in [4.69, 9.17) is 0 Å². The maximum atomic E-state index is 4.21. The topological polar surface area (TPSA) is 39.7 Å². The highest BCUT2D eigenvalue weighted by atomic mass is 127. The van der Waals surface area contributed by atoms with Crippen LogP contribution in [0.4, 0.5) is 0 Å². The first-order valence-corrected chi connectivity index (χ1v) is 6.89. The Morgan fingerprint density at radius 1 is 1.22 bits per heavy atom. The van der Waals surface area contributed by atoms with Gasteiger partial charge in [-0.25, -0.2) is 0 Å². The van der Waals surface area contributed by atoms with E-state index in [0.29, 0.717) is 0 Å². The molecule has 0 aromatic heterocycles. The van der Waals surface area contributed by atoms with Gasteiger partial charge in [0.25, 0.3) is 0 Å². The predicted octanol–water partition coefficient (Wildman–Crippen LogP) is 1.91. The van der Waals surface area contributed by atoms with Gasteiger partial charge in [0, 0.05) is 20.1 Å². The summed E-state index contributed by atoms with van der Waals surface area (Å²) in [6.07, 6.45) is 5.09. The fourth-order valence-corrected chi connectivity index (χ4v) is 2.21. The highest BCUT2D eigenvalue weighted by Crippen LogP contribution is 2.18. The summed E-state index contributed by atoms with van der Waals surface area (Å²) in [5, 5.41) is 6.68. The molecule has 2 N–H and O–H groups in total. The number of hydrogen-bond acceptors (Lipinski definition) is 2. The molecule has 0 atom stereocenters. The van der Waals surface area contributed by atoms with Crippen LogP contribution >= 0.6 is 24.0 Å². The number of aliphatic imine (C=N–C) groups is 1. The van der Waals surface area contributed by atoms with E-state index in [1.165, 1.54) is 32.4 Å². The number of rotatable bonds is 5. The summed E-state index contributed by atoms with van der Waals surface area (Å²) in [5.74, 6) is 1.84. The van der Waals surface area contributed by atoms with E-state index in [2.05, 4.69) is 34.5 Å². The Bertz CT molecular complexity index is 225. The molecule has 0 amide bonds. The van der Waals surface area contributed by atoms with Crippen molar-refractivity contribution in [1.82, 2.24) is 15.5 Å². The molecular weight excluding hydrogens is 339 g/mol. The molecular formula is C13H29IN4. The van der Waals surface area contributed by atoms with E-state index in [9.17, 15) is 0 Å². The molecule has 0 aromatic carbocycles. The molecule has 108 valence electrons. The van der Waals surface area contributed by atoms with Gasteiger partial charge in [0.05, 0.1) is 0 Å².